The smallest absolute Gasteiger partial charge is 0.307 e. The summed E-state index contributed by atoms with van der Waals surface area (Å²) < 4.78 is 11.7. The van der Waals surface area contributed by atoms with E-state index in [9.17, 15) is 4.79 Å². The molecule has 0 bridgehead atoms. The molecule has 0 saturated carbocycles. The number of carbonyl (C=O) groups is 1. The molecular formula is C13H13N5O3. The Hall–Kier alpha value is -2.90. The molecule has 3 aromatic rings. The number of nitrogens with two attached hydrogens (primary N) is 1. The molecule has 0 fully saturated rings. The van der Waals surface area contributed by atoms with Gasteiger partial charge in [-0.05, 0) is 12.1 Å². The zero-order chi connectivity index (χ0) is 14.8. The highest BCUT2D eigenvalue weighted by Gasteiger charge is 2.16. The van der Waals surface area contributed by atoms with Gasteiger partial charge < -0.3 is 19.5 Å². The van der Waals surface area contributed by atoms with Crippen molar-refractivity contribution in [3.63, 3.8) is 0 Å². The molecular weight excluding hydrogens is 274 g/mol. The number of anilines is 1. The van der Waals surface area contributed by atoms with Crippen LogP contribution in [0.3, 0.4) is 0 Å². The van der Waals surface area contributed by atoms with E-state index >= 15 is 0 Å². The van der Waals surface area contributed by atoms with Gasteiger partial charge in [-0.1, -0.05) is 0 Å². The highest BCUT2D eigenvalue weighted by Crippen LogP contribution is 2.26. The Morgan fingerprint density at radius 2 is 2.33 bits per heavy atom. The number of ether oxygens (including phenoxy) is 1. The Balaban J connectivity index is 2.04. The molecule has 0 unspecified atom stereocenters. The van der Waals surface area contributed by atoms with Gasteiger partial charge in [-0.2, -0.15) is 4.98 Å². The van der Waals surface area contributed by atoms with Crippen molar-refractivity contribution in [1.82, 2.24) is 19.5 Å². The molecule has 8 heteroatoms. The van der Waals surface area contributed by atoms with Crippen molar-refractivity contribution >= 4 is 23.1 Å². The first-order valence-electron chi connectivity index (χ1n) is 6.28. The SMILES string of the molecule is COC(=O)CCn1cnc2c(-c3ccco3)nc(N)nc21. The maximum absolute atomic E-state index is 11.2. The van der Waals surface area contributed by atoms with Crippen molar-refractivity contribution in [2.24, 2.45) is 0 Å². The molecule has 0 aliphatic heterocycles. The molecule has 0 amide bonds. The second-order valence-electron chi connectivity index (χ2n) is 4.34. The third kappa shape index (κ3) is 2.42. The number of methoxy groups -OCH3 is 1. The summed E-state index contributed by atoms with van der Waals surface area (Å²) >= 11 is 0. The van der Waals surface area contributed by atoms with Crippen LogP contribution in [0.4, 0.5) is 5.95 Å². The number of esters is 1. The summed E-state index contributed by atoms with van der Waals surface area (Å²) in [5.41, 5.74) is 7.40. The zero-order valence-electron chi connectivity index (χ0n) is 11.3. The minimum Gasteiger partial charge on any atom is -0.469 e. The fraction of sp³-hybridized carbons (Fsp3) is 0.231. The molecule has 3 rings (SSSR count). The highest BCUT2D eigenvalue weighted by atomic mass is 16.5. The highest BCUT2D eigenvalue weighted by molar-refractivity contribution is 5.86. The number of furan rings is 1. The second kappa shape index (κ2) is 5.23. The summed E-state index contributed by atoms with van der Waals surface area (Å²) in [6.45, 7) is 0.400. The van der Waals surface area contributed by atoms with Crippen LogP contribution in [0.5, 0.6) is 0 Å². The van der Waals surface area contributed by atoms with E-state index in [-0.39, 0.29) is 18.3 Å². The standard InChI is InChI=1S/C13H13N5O3/c1-20-9(19)4-5-18-7-15-11-10(8-3-2-6-21-8)16-13(14)17-12(11)18/h2-3,6-7H,4-5H2,1H3,(H2,14,16,17). The number of hydrogen-bond acceptors (Lipinski definition) is 7. The Kier molecular flexibility index (Phi) is 3.27. The van der Waals surface area contributed by atoms with E-state index in [0.29, 0.717) is 29.2 Å². The van der Waals surface area contributed by atoms with Gasteiger partial charge >= 0.3 is 5.97 Å². The summed E-state index contributed by atoms with van der Waals surface area (Å²) in [6, 6.07) is 3.53. The van der Waals surface area contributed by atoms with Crippen LogP contribution in [0.15, 0.2) is 29.1 Å². The topological polar surface area (TPSA) is 109 Å². The van der Waals surface area contributed by atoms with E-state index in [4.69, 9.17) is 10.2 Å². The van der Waals surface area contributed by atoms with Crippen LogP contribution < -0.4 is 5.73 Å². The van der Waals surface area contributed by atoms with Gasteiger partial charge in [0, 0.05) is 6.54 Å². The lowest BCUT2D eigenvalue weighted by molar-refractivity contribution is -0.140. The van der Waals surface area contributed by atoms with Gasteiger partial charge in [-0.3, -0.25) is 4.79 Å². The molecule has 0 aliphatic carbocycles. The number of rotatable bonds is 4. The zero-order valence-corrected chi connectivity index (χ0v) is 11.3. The van der Waals surface area contributed by atoms with Gasteiger partial charge in [-0.15, -0.1) is 0 Å². The number of nitrogen functional groups attached to an aromatic ring is 1. The minimum absolute atomic E-state index is 0.119. The second-order valence-corrected chi connectivity index (χ2v) is 4.34. The van der Waals surface area contributed by atoms with Gasteiger partial charge in [0.1, 0.15) is 11.2 Å². The van der Waals surface area contributed by atoms with E-state index in [0.717, 1.165) is 0 Å². The number of fused-ring (bicyclic) bond motifs is 1. The van der Waals surface area contributed by atoms with Gasteiger partial charge in [0.25, 0.3) is 0 Å². The third-order valence-corrected chi connectivity index (χ3v) is 3.02. The average Bonchev–Trinajstić information content (AvgIpc) is 3.13. The van der Waals surface area contributed by atoms with Crippen molar-refractivity contribution in [3.8, 4) is 11.5 Å². The lowest BCUT2D eigenvalue weighted by Gasteiger charge is -2.04. The third-order valence-electron chi connectivity index (χ3n) is 3.02. The molecule has 3 aromatic heterocycles. The molecule has 0 atom stereocenters. The molecule has 0 saturated heterocycles. The number of hydrogen-bond donors (Lipinski definition) is 1. The molecule has 3 heterocycles. The van der Waals surface area contributed by atoms with Crippen LogP contribution in [0.2, 0.25) is 0 Å². The average molecular weight is 287 g/mol. The van der Waals surface area contributed by atoms with Crippen molar-refractivity contribution in [1.29, 1.82) is 0 Å². The maximum Gasteiger partial charge on any atom is 0.307 e. The molecule has 0 aromatic carbocycles. The first-order chi connectivity index (χ1) is 10.2. The van der Waals surface area contributed by atoms with Crippen molar-refractivity contribution < 1.29 is 13.9 Å². The summed E-state index contributed by atoms with van der Waals surface area (Å²) in [5.74, 6) is 0.381. The Morgan fingerprint density at radius 1 is 1.48 bits per heavy atom. The van der Waals surface area contributed by atoms with Crippen molar-refractivity contribution in [2.75, 3.05) is 12.8 Å². The molecule has 2 N–H and O–H groups in total. The number of aromatic nitrogens is 4. The Bertz CT molecular complexity index is 779. The van der Waals surface area contributed by atoms with Crippen LogP contribution in [-0.2, 0) is 16.1 Å². The predicted octanol–water partition coefficient (Wildman–Crippen LogP) is 1.23. The summed E-state index contributed by atoms with van der Waals surface area (Å²) in [4.78, 5) is 23.9. The fourth-order valence-corrected chi connectivity index (χ4v) is 2.02. The molecule has 108 valence electrons. The normalized spacial score (nSPS) is 10.9. The molecule has 21 heavy (non-hydrogen) atoms. The van der Waals surface area contributed by atoms with Crippen molar-refractivity contribution in [2.45, 2.75) is 13.0 Å². The predicted molar refractivity (Wildman–Crippen MR) is 74.1 cm³/mol. The quantitative estimate of drug-likeness (QED) is 0.719. The van der Waals surface area contributed by atoms with Crippen LogP contribution in [0, 0.1) is 0 Å². The number of imidazole rings is 1. The summed E-state index contributed by atoms with van der Waals surface area (Å²) in [7, 11) is 1.35. The van der Waals surface area contributed by atoms with Gasteiger partial charge in [0.05, 0.1) is 26.1 Å². The first-order valence-corrected chi connectivity index (χ1v) is 6.28. The van der Waals surface area contributed by atoms with E-state index in [1.54, 1.807) is 29.3 Å². The van der Waals surface area contributed by atoms with E-state index in [1.165, 1.54) is 7.11 Å². The molecule has 0 radical (unpaired) electrons. The van der Waals surface area contributed by atoms with E-state index < -0.39 is 0 Å². The van der Waals surface area contributed by atoms with Gasteiger partial charge in [0.15, 0.2) is 11.4 Å². The van der Waals surface area contributed by atoms with E-state index in [2.05, 4.69) is 19.7 Å². The van der Waals surface area contributed by atoms with Crippen molar-refractivity contribution in [3.05, 3.63) is 24.7 Å². The van der Waals surface area contributed by atoms with Gasteiger partial charge in [0.2, 0.25) is 5.95 Å². The monoisotopic (exact) mass is 287 g/mol. The maximum atomic E-state index is 11.2. The van der Waals surface area contributed by atoms with Crippen LogP contribution in [-0.4, -0.2) is 32.6 Å². The van der Waals surface area contributed by atoms with Crippen LogP contribution in [0.25, 0.3) is 22.6 Å². The minimum atomic E-state index is -0.301. The van der Waals surface area contributed by atoms with Gasteiger partial charge in [-0.25, -0.2) is 9.97 Å². The lowest BCUT2D eigenvalue weighted by atomic mass is 10.3. The number of aryl methyl sites for hydroxylation is 1. The molecule has 8 nitrogen and oxygen atoms in total. The summed E-state index contributed by atoms with van der Waals surface area (Å²) in [5, 5.41) is 0. The molecule has 0 spiro atoms. The van der Waals surface area contributed by atoms with Crippen LogP contribution >= 0.6 is 0 Å². The number of carbonyl (C=O) groups excluding carboxylic acids is 1. The Labute approximate surface area is 119 Å². The number of nitrogens with zero attached hydrogens (tertiary/aromatic N) is 4. The van der Waals surface area contributed by atoms with Crippen LogP contribution in [0.1, 0.15) is 6.42 Å². The Morgan fingerprint density at radius 3 is 3.05 bits per heavy atom. The fourth-order valence-electron chi connectivity index (χ4n) is 2.02. The first kappa shape index (κ1) is 13.1. The largest absolute Gasteiger partial charge is 0.469 e. The lowest BCUT2D eigenvalue weighted by Crippen LogP contribution is -2.07. The van der Waals surface area contributed by atoms with E-state index in [1.807, 2.05) is 0 Å². The summed E-state index contributed by atoms with van der Waals surface area (Å²) in [6.07, 6.45) is 3.36. The molecule has 0 aliphatic rings.